The Kier molecular flexibility index (Phi) is 1.80. The smallest absolute Gasteiger partial charge is 0.297 e. The van der Waals surface area contributed by atoms with Gasteiger partial charge in [0.25, 0.3) is 6.01 Å². The molecule has 0 amide bonds. The molecule has 6 heteroatoms. The van der Waals surface area contributed by atoms with E-state index in [0.717, 1.165) is 12.2 Å². The van der Waals surface area contributed by atoms with E-state index in [2.05, 4.69) is 22.0 Å². The first-order valence-electron chi connectivity index (χ1n) is 5.20. The van der Waals surface area contributed by atoms with Crippen LogP contribution in [-0.4, -0.2) is 29.9 Å². The summed E-state index contributed by atoms with van der Waals surface area (Å²) in [6.45, 7) is 5.49. The van der Waals surface area contributed by atoms with Crippen molar-refractivity contribution in [2.75, 3.05) is 0 Å². The molecule has 1 aliphatic rings. The maximum absolute atomic E-state index is 5.85. The minimum atomic E-state index is -0.288. The van der Waals surface area contributed by atoms with Crippen LogP contribution >= 0.6 is 0 Å². The van der Waals surface area contributed by atoms with E-state index in [1.807, 2.05) is 17.7 Å². The van der Waals surface area contributed by atoms with Crippen molar-refractivity contribution in [3.05, 3.63) is 24.5 Å². The number of hydrogen-bond donors (Lipinski definition) is 0. The molecule has 84 valence electrons. The molecular formula is C10H13N5O. The Balaban J connectivity index is 1.81. The van der Waals surface area contributed by atoms with Gasteiger partial charge in [0.1, 0.15) is 18.3 Å². The van der Waals surface area contributed by atoms with Crippen molar-refractivity contribution < 1.29 is 4.74 Å². The molecule has 1 aliphatic heterocycles. The van der Waals surface area contributed by atoms with Gasteiger partial charge in [0, 0.05) is 6.20 Å². The number of hydrogen-bond acceptors (Lipinski definition) is 4. The molecule has 0 fully saturated rings. The highest BCUT2D eigenvalue weighted by atomic mass is 16.5. The third-order valence-electron chi connectivity index (χ3n) is 2.67. The SMILES string of the molecule is Cc1cn2c(n1)OC(C)(Cn1cncn1)C2. The summed E-state index contributed by atoms with van der Waals surface area (Å²) in [4.78, 5) is 8.23. The summed E-state index contributed by atoms with van der Waals surface area (Å²) in [5, 5.41) is 4.09. The molecule has 0 aromatic carbocycles. The normalized spacial score (nSPS) is 23.1. The molecule has 0 bridgehead atoms. The average Bonchev–Trinajstić information content (AvgIpc) is 2.81. The topological polar surface area (TPSA) is 57.8 Å². The van der Waals surface area contributed by atoms with Gasteiger partial charge < -0.3 is 4.74 Å². The quantitative estimate of drug-likeness (QED) is 0.743. The van der Waals surface area contributed by atoms with Gasteiger partial charge in [-0.2, -0.15) is 5.10 Å². The molecule has 1 unspecified atom stereocenters. The Hall–Kier alpha value is -1.85. The van der Waals surface area contributed by atoms with Crippen LogP contribution < -0.4 is 4.74 Å². The van der Waals surface area contributed by atoms with Crippen LogP contribution in [0.2, 0.25) is 0 Å². The number of aromatic nitrogens is 5. The van der Waals surface area contributed by atoms with Gasteiger partial charge in [-0.05, 0) is 13.8 Å². The summed E-state index contributed by atoms with van der Waals surface area (Å²) < 4.78 is 9.66. The van der Waals surface area contributed by atoms with Gasteiger partial charge in [0.2, 0.25) is 0 Å². The molecule has 2 aromatic heterocycles. The second-order valence-corrected chi connectivity index (χ2v) is 4.44. The molecule has 6 nitrogen and oxygen atoms in total. The fourth-order valence-electron chi connectivity index (χ4n) is 2.07. The lowest BCUT2D eigenvalue weighted by Crippen LogP contribution is -2.36. The van der Waals surface area contributed by atoms with Crippen LogP contribution in [0, 0.1) is 6.92 Å². The minimum Gasteiger partial charge on any atom is -0.454 e. The highest BCUT2D eigenvalue weighted by molar-refractivity contribution is 5.13. The predicted octanol–water partition coefficient (Wildman–Crippen LogP) is 0.634. The fourth-order valence-corrected chi connectivity index (χ4v) is 2.07. The summed E-state index contributed by atoms with van der Waals surface area (Å²) in [5.41, 5.74) is 0.696. The van der Waals surface area contributed by atoms with Crippen LogP contribution in [0.3, 0.4) is 0 Å². The molecular weight excluding hydrogens is 206 g/mol. The van der Waals surface area contributed by atoms with Crippen molar-refractivity contribution in [1.82, 2.24) is 24.3 Å². The van der Waals surface area contributed by atoms with E-state index in [0.29, 0.717) is 12.6 Å². The molecule has 0 radical (unpaired) electrons. The van der Waals surface area contributed by atoms with Crippen molar-refractivity contribution >= 4 is 0 Å². The minimum absolute atomic E-state index is 0.288. The standard InChI is InChI=1S/C10H13N5O/c1-8-3-14-4-10(2,16-9(14)13-8)5-15-7-11-6-12-15/h3,6-7H,4-5H2,1-2H3. The van der Waals surface area contributed by atoms with E-state index in [1.54, 1.807) is 11.0 Å². The summed E-state index contributed by atoms with van der Waals surface area (Å²) in [7, 11) is 0. The molecule has 0 N–H and O–H groups in total. The van der Waals surface area contributed by atoms with Gasteiger partial charge in [-0.1, -0.05) is 0 Å². The van der Waals surface area contributed by atoms with E-state index in [4.69, 9.17) is 4.74 Å². The largest absolute Gasteiger partial charge is 0.454 e. The number of fused-ring (bicyclic) bond motifs is 1. The summed E-state index contributed by atoms with van der Waals surface area (Å²) in [5.74, 6) is 0. The maximum atomic E-state index is 5.85. The van der Waals surface area contributed by atoms with Gasteiger partial charge in [-0.3, -0.25) is 4.57 Å². The van der Waals surface area contributed by atoms with Crippen LogP contribution in [0.5, 0.6) is 6.01 Å². The molecule has 16 heavy (non-hydrogen) atoms. The van der Waals surface area contributed by atoms with E-state index < -0.39 is 0 Å². The Morgan fingerprint density at radius 2 is 2.44 bits per heavy atom. The fraction of sp³-hybridized carbons (Fsp3) is 0.500. The highest BCUT2D eigenvalue weighted by Crippen LogP contribution is 2.29. The van der Waals surface area contributed by atoms with Crippen molar-refractivity contribution in [2.45, 2.75) is 32.5 Å². The Morgan fingerprint density at radius 3 is 3.12 bits per heavy atom. The lowest BCUT2D eigenvalue weighted by Gasteiger charge is -2.22. The van der Waals surface area contributed by atoms with Crippen LogP contribution in [-0.2, 0) is 13.1 Å². The molecule has 0 saturated heterocycles. The number of imidazole rings is 1. The molecule has 0 aliphatic carbocycles. The van der Waals surface area contributed by atoms with Gasteiger partial charge in [-0.15, -0.1) is 0 Å². The lowest BCUT2D eigenvalue weighted by molar-refractivity contribution is 0.0838. The zero-order valence-electron chi connectivity index (χ0n) is 9.29. The van der Waals surface area contributed by atoms with Gasteiger partial charge in [0.05, 0.1) is 18.8 Å². The summed E-state index contributed by atoms with van der Waals surface area (Å²) >= 11 is 0. The Labute approximate surface area is 92.9 Å². The van der Waals surface area contributed by atoms with Crippen molar-refractivity contribution in [3.63, 3.8) is 0 Å². The second kappa shape index (κ2) is 3.07. The van der Waals surface area contributed by atoms with Crippen molar-refractivity contribution in [2.24, 2.45) is 0 Å². The number of ether oxygens (including phenoxy) is 1. The molecule has 3 heterocycles. The third kappa shape index (κ3) is 1.46. The molecule has 0 saturated carbocycles. The predicted molar refractivity (Wildman–Crippen MR) is 56.0 cm³/mol. The summed E-state index contributed by atoms with van der Waals surface area (Å²) in [6, 6.07) is 0.695. The Bertz CT molecular complexity index is 478. The zero-order valence-corrected chi connectivity index (χ0v) is 9.29. The number of aryl methyl sites for hydroxylation is 1. The first kappa shape index (κ1) is 9.38. The van der Waals surface area contributed by atoms with Crippen LogP contribution in [0.15, 0.2) is 18.9 Å². The van der Waals surface area contributed by atoms with Gasteiger partial charge in [0.15, 0.2) is 0 Å². The van der Waals surface area contributed by atoms with Crippen LogP contribution in [0.4, 0.5) is 0 Å². The zero-order chi connectivity index (χ0) is 11.2. The maximum Gasteiger partial charge on any atom is 0.297 e. The van der Waals surface area contributed by atoms with Gasteiger partial charge in [-0.25, -0.2) is 14.6 Å². The van der Waals surface area contributed by atoms with Crippen LogP contribution in [0.1, 0.15) is 12.6 Å². The second-order valence-electron chi connectivity index (χ2n) is 4.44. The number of rotatable bonds is 2. The third-order valence-corrected chi connectivity index (χ3v) is 2.67. The Morgan fingerprint density at radius 1 is 1.56 bits per heavy atom. The first-order chi connectivity index (χ1) is 7.65. The summed E-state index contributed by atoms with van der Waals surface area (Å²) in [6.07, 6.45) is 5.23. The van der Waals surface area contributed by atoms with Crippen LogP contribution in [0.25, 0.3) is 0 Å². The number of nitrogens with zero attached hydrogens (tertiary/aromatic N) is 5. The molecule has 3 rings (SSSR count). The van der Waals surface area contributed by atoms with Crippen molar-refractivity contribution in [1.29, 1.82) is 0 Å². The van der Waals surface area contributed by atoms with Gasteiger partial charge >= 0.3 is 0 Å². The van der Waals surface area contributed by atoms with E-state index in [9.17, 15) is 0 Å². The lowest BCUT2D eigenvalue weighted by atomic mass is 10.1. The van der Waals surface area contributed by atoms with E-state index >= 15 is 0 Å². The van der Waals surface area contributed by atoms with E-state index in [-0.39, 0.29) is 5.60 Å². The molecule has 1 atom stereocenters. The van der Waals surface area contributed by atoms with E-state index in [1.165, 1.54) is 6.33 Å². The van der Waals surface area contributed by atoms with Crippen molar-refractivity contribution in [3.8, 4) is 6.01 Å². The average molecular weight is 219 g/mol. The first-order valence-corrected chi connectivity index (χ1v) is 5.20. The monoisotopic (exact) mass is 219 g/mol. The molecule has 2 aromatic rings. The molecule has 0 spiro atoms. The highest BCUT2D eigenvalue weighted by Gasteiger charge is 2.36.